The van der Waals surface area contributed by atoms with E-state index < -0.39 is 9.84 Å². The van der Waals surface area contributed by atoms with E-state index in [4.69, 9.17) is 0 Å². The van der Waals surface area contributed by atoms with Crippen LogP contribution in [-0.2, 0) is 9.84 Å². The van der Waals surface area contributed by atoms with Gasteiger partial charge in [0.15, 0.2) is 9.84 Å². The zero-order chi connectivity index (χ0) is 11.1. The summed E-state index contributed by atoms with van der Waals surface area (Å²) in [4.78, 5) is 2.97. The van der Waals surface area contributed by atoms with E-state index >= 15 is 0 Å². The van der Waals surface area contributed by atoms with Gasteiger partial charge in [-0.1, -0.05) is 25.1 Å². The Morgan fingerprint density at radius 2 is 1.93 bits per heavy atom. The molecule has 1 heterocycles. The van der Waals surface area contributed by atoms with Crippen molar-refractivity contribution in [2.24, 2.45) is 0 Å². The number of fused-ring (bicyclic) bond motifs is 1. The van der Waals surface area contributed by atoms with Crippen molar-refractivity contribution >= 4 is 20.7 Å². The first-order valence-electron chi connectivity index (χ1n) is 4.86. The smallest absolute Gasteiger partial charge is 0.193 e. The summed E-state index contributed by atoms with van der Waals surface area (Å²) in [7, 11) is -3.15. The van der Waals surface area contributed by atoms with Gasteiger partial charge in [-0.3, -0.25) is 0 Å². The van der Waals surface area contributed by atoms with Gasteiger partial charge in [0.2, 0.25) is 0 Å². The first-order valence-corrected chi connectivity index (χ1v) is 6.51. The average molecular weight is 223 g/mol. The van der Waals surface area contributed by atoms with Gasteiger partial charge in [0.05, 0.1) is 5.75 Å². The molecule has 0 aliphatic rings. The van der Waals surface area contributed by atoms with Crippen LogP contribution in [0.25, 0.3) is 10.9 Å². The summed E-state index contributed by atoms with van der Waals surface area (Å²) in [5.74, 6) is 0.126. The van der Waals surface area contributed by atoms with E-state index in [9.17, 15) is 8.42 Å². The van der Waals surface area contributed by atoms with Crippen LogP contribution in [0.3, 0.4) is 0 Å². The molecule has 15 heavy (non-hydrogen) atoms. The second-order valence-corrected chi connectivity index (χ2v) is 5.74. The van der Waals surface area contributed by atoms with E-state index in [1.807, 2.05) is 31.2 Å². The van der Waals surface area contributed by atoms with Crippen LogP contribution in [0.2, 0.25) is 0 Å². The molecule has 0 fully saturated rings. The first kappa shape index (κ1) is 10.2. The van der Waals surface area contributed by atoms with Crippen molar-refractivity contribution in [3.8, 4) is 0 Å². The number of H-pyrrole nitrogens is 1. The zero-order valence-electron chi connectivity index (χ0n) is 8.74. The van der Waals surface area contributed by atoms with Gasteiger partial charge in [0.25, 0.3) is 0 Å². The quantitative estimate of drug-likeness (QED) is 0.849. The van der Waals surface area contributed by atoms with Gasteiger partial charge < -0.3 is 4.98 Å². The predicted molar refractivity (Wildman–Crippen MR) is 60.8 cm³/mol. The van der Waals surface area contributed by atoms with Crippen LogP contribution in [0.15, 0.2) is 29.3 Å². The fourth-order valence-corrected chi connectivity index (χ4v) is 2.84. The fourth-order valence-electron chi connectivity index (χ4n) is 1.71. The monoisotopic (exact) mass is 223 g/mol. The Hall–Kier alpha value is -1.29. The van der Waals surface area contributed by atoms with Gasteiger partial charge in [0, 0.05) is 10.9 Å². The number of aryl methyl sites for hydroxylation is 1. The lowest BCUT2D eigenvalue weighted by Crippen LogP contribution is -2.05. The Morgan fingerprint density at radius 3 is 2.53 bits per heavy atom. The summed E-state index contributed by atoms with van der Waals surface area (Å²) in [6.07, 6.45) is 0. The maximum atomic E-state index is 11.8. The van der Waals surface area contributed by atoms with Crippen LogP contribution in [0, 0.1) is 6.92 Å². The highest BCUT2D eigenvalue weighted by atomic mass is 32.2. The molecule has 2 rings (SSSR count). The van der Waals surface area contributed by atoms with Gasteiger partial charge in [-0.15, -0.1) is 0 Å². The maximum absolute atomic E-state index is 11.8. The molecule has 0 saturated heterocycles. The SMILES string of the molecule is CCS(=O)(=O)c1[nH]c2ccccc2c1C. The Morgan fingerprint density at radius 1 is 1.27 bits per heavy atom. The molecule has 4 heteroatoms. The largest absolute Gasteiger partial charge is 0.345 e. The predicted octanol–water partition coefficient (Wildman–Crippen LogP) is 2.27. The van der Waals surface area contributed by atoms with E-state index in [1.165, 1.54) is 0 Å². The molecule has 0 radical (unpaired) electrons. The minimum Gasteiger partial charge on any atom is -0.345 e. The molecule has 1 N–H and O–H groups in total. The summed E-state index contributed by atoms with van der Waals surface area (Å²) in [5.41, 5.74) is 1.69. The third kappa shape index (κ3) is 1.55. The standard InChI is InChI=1S/C11H13NO2S/c1-3-15(13,14)11-8(2)9-6-4-5-7-10(9)12-11/h4-7,12H,3H2,1-2H3. The highest BCUT2D eigenvalue weighted by molar-refractivity contribution is 7.91. The van der Waals surface area contributed by atoms with Crippen molar-refractivity contribution in [2.75, 3.05) is 5.75 Å². The van der Waals surface area contributed by atoms with Crippen LogP contribution in [0.1, 0.15) is 12.5 Å². The number of benzene rings is 1. The molecule has 0 bridgehead atoms. The number of hydrogen-bond donors (Lipinski definition) is 1. The second-order valence-electron chi connectivity index (χ2n) is 3.53. The molecular weight excluding hydrogens is 210 g/mol. The molecule has 0 aliphatic carbocycles. The van der Waals surface area contributed by atoms with Crippen molar-refractivity contribution in [2.45, 2.75) is 18.9 Å². The van der Waals surface area contributed by atoms with E-state index in [2.05, 4.69) is 4.98 Å². The molecule has 0 atom stereocenters. The molecule has 3 nitrogen and oxygen atoms in total. The molecule has 1 aromatic heterocycles. The van der Waals surface area contributed by atoms with E-state index in [0.717, 1.165) is 16.5 Å². The molecular formula is C11H13NO2S. The number of aromatic amines is 1. The molecule has 0 unspecified atom stereocenters. The topological polar surface area (TPSA) is 49.9 Å². The number of sulfone groups is 1. The van der Waals surface area contributed by atoms with Gasteiger partial charge in [-0.25, -0.2) is 8.42 Å². The normalized spacial score (nSPS) is 12.1. The van der Waals surface area contributed by atoms with Crippen LogP contribution < -0.4 is 0 Å². The summed E-state index contributed by atoms with van der Waals surface area (Å²) in [5, 5.41) is 1.33. The minimum absolute atomic E-state index is 0.126. The summed E-state index contributed by atoms with van der Waals surface area (Å²) in [6, 6.07) is 7.61. The molecule has 1 aromatic carbocycles. The molecule has 0 saturated carbocycles. The zero-order valence-corrected chi connectivity index (χ0v) is 9.56. The summed E-state index contributed by atoms with van der Waals surface area (Å²) in [6.45, 7) is 3.49. The Labute approximate surface area is 89.0 Å². The van der Waals surface area contributed by atoms with Gasteiger partial charge >= 0.3 is 0 Å². The Bertz CT molecular complexity index is 596. The fraction of sp³-hybridized carbons (Fsp3) is 0.273. The van der Waals surface area contributed by atoms with Gasteiger partial charge in [-0.2, -0.15) is 0 Å². The molecule has 80 valence electrons. The van der Waals surface area contributed by atoms with Gasteiger partial charge in [0.1, 0.15) is 5.03 Å². The summed E-state index contributed by atoms with van der Waals surface area (Å²) >= 11 is 0. The summed E-state index contributed by atoms with van der Waals surface area (Å²) < 4.78 is 23.5. The third-order valence-electron chi connectivity index (χ3n) is 2.61. The Balaban J connectivity index is 2.80. The number of hydrogen-bond acceptors (Lipinski definition) is 2. The van der Waals surface area contributed by atoms with Crippen LogP contribution in [0.4, 0.5) is 0 Å². The van der Waals surface area contributed by atoms with Crippen LogP contribution >= 0.6 is 0 Å². The third-order valence-corrected chi connectivity index (χ3v) is 4.40. The highest BCUT2D eigenvalue weighted by Crippen LogP contribution is 2.25. The van der Waals surface area contributed by atoms with Crippen molar-refractivity contribution in [3.05, 3.63) is 29.8 Å². The first-order chi connectivity index (χ1) is 7.06. The number of nitrogens with one attached hydrogen (secondary N) is 1. The lowest BCUT2D eigenvalue weighted by molar-refractivity contribution is 0.594. The molecule has 0 spiro atoms. The molecule has 0 amide bonds. The van der Waals surface area contributed by atoms with Crippen molar-refractivity contribution in [1.29, 1.82) is 0 Å². The number of para-hydroxylation sites is 1. The highest BCUT2D eigenvalue weighted by Gasteiger charge is 2.18. The Kier molecular flexibility index (Phi) is 2.31. The van der Waals surface area contributed by atoms with Crippen LogP contribution in [-0.4, -0.2) is 19.2 Å². The molecule has 2 aromatic rings. The lowest BCUT2D eigenvalue weighted by atomic mass is 10.2. The molecule has 0 aliphatic heterocycles. The number of rotatable bonds is 2. The minimum atomic E-state index is -3.15. The van der Waals surface area contributed by atoms with Crippen molar-refractivity contribution < 1.29 is 8.42 Å². The van der Waals surface area contributed by atoms with Crippen molar-refractivity contribution in [3.63, 3.8) is 0 Å². The van der Waals surface area contributed by atoms with Crippen LogP contribution in [0.5, 0.6) is 0 Å². The maximum Gasteiger partial charge on any atom is 0.193 e. The van der Waals surface area contributed by atoms with Crippen molar-refractivity contribution in [1.82, 2.24) is 4.98 Å². The van der Waals surface area contributed by atoms with Gasteiger partial charge in [-0.05, 0) is 18.6 Å². The average Bonchev–Trinajstić information content (AvgIpc) is 2.58. The number of aromatic nitrogens is 1. The lowest BCUT2D eigenvalue weighted by Gasteiger charge is -1.98. The second kappa shape index (κ2) is 3.38. The van der Waals surface area contributed by atoms with E-state index in [0.29, 0.717) is 5.03 Å². The van der Waals surface area contributed by atoms with E-state index in [-0.39, 0.29) is 5.75 Å². The van der Waals surface area contributed by atoms with E-state index in [1.54, 1.807) is 6.92 Å².